The molecule has 2 N–H and O–H groups in total. The molecule has 0 bridgehead atoms. The Balaban J connectivity index is 2.07. The molecule has 0 aromatic heterocycles. The van der Waals surface area contributed by atoms with Crippen molar-refractivity contribution in [2.75, 3.05) is 34.4 Å². The number of guanidine groups is 1. The highest BCUT2D eigenvalue weighted by Gasteiger charge is 2.42. The smallest absolute Gasteiger partial charge is 0.391 e. The Labute approximate surface area is 176 Å². The second-order valence-corrected chi connectivity index (χ2v) is 7.27. The molecule has 1 aliphatic carbocycles. The maximum atomic E-state index is 13.1. The van der Waals surface area contributed by atoms with Gasteiger partial charge in [0.05, 0.1) is 27.2 Å². The highest BCUT2D eigenvalue weighted by molar-refractivity contribution is 5.80. The Hall–Kier alpha value is -2.32. The van der Waals surface area contributed by atoms with E-state index in [4.69, 9.17) is 14.2 Å². The predicted molar refractivity (Wildman–Crippen MR) is 111 cm³/mol. The molecular weight excluding hydrogens is 399 g/mol. The minimum absolute atomic E-state index is 0.0774. The first-order valence-corrected chi connectivity index (χ1v) is 10.2. The lowest BCUT2D eigenvalue weighted by atomic mass is 9.85. The summed E-state index contributed by atoms with van der Waals surface area (Å²) >= 11 is 0. The summed E-state index contributed by atoms with van der Waals surface area (Å²) < 4.78 is 55.4. The monoisotopic (exact) mass is 431 g/mol. The first kappa shape index (κ1) is 24.0. The molecule has 0 aliphatic heterocycles. The van der Waals surface area contributed by atoms with E-state index in [0.717, 1.165) is 5.56 Å². The van der Waals surface area contributed by atoms with Crippen molar-refractivity contribution in [3.05, 3.63) is 17.7 Å². The van der Waals surface area contributed by atoms with Crippen molar-refractivity contribution >= 4 is 5.96 Å². The van der Waals surface area contributed by atoms with Crippen LogP contribution in [0.2, 0.25) is 0 Å². The molecule has 0 saturated heterocycles. The Morgan fingerprint density at radius 1 is 1.10 bits per heavy atom. The van der Waals surface area contributed by atoms with Gasteiger partial charge in [0.2, 0.25) is 0 Å². The van der Waals surface area contributed by atoms with Gasteiger partial charge in [-0.2, -0.15) is 13.2 Å². The van der Waals surface area contributed by atoms with Gasteiger partial charge in [0.1, 0.15) is 17.2 Å². The molecule has 6 nitrogen and oxygen atoms in total. The van der Waals surface area contributed by atoms with Gasteiger partial charge in [-0.05, 0) is 32.6 Å². The van der Waals surface area contributed by atoms with Crippen LogP contribution in [0.4, 0.5) is 13.2 Å². The average molecular weight is 431 g/mol. The summed E-state index contributed by atoms with van der Waals surface area (Å²) in [6, 6.07) is 3.32. The number of ether oxygens (including phenoxy) is 3. The number of nitrogens with one attached hydrogen (secondary N) is 2. The molecule has 2 atom stereocenters. The Morgan fingerprint density at radius 2 is 1.77 bits per heavy atom. The highest BCUT2D eigenvalue weighted by Crippen LogP contribution is 2.37. The van der Waals surface area contributed by atoms with E-state index in [1.165, 1.54) is 0 Å². The molecule has 2 rings (SSSR count). The fourth-order valence-corrected chi connectivity index (χ4v) is 3.74. The van der Waals surface area contributed by atoms with Crippen LogP contribution < -0.4 is 24.8 Å². The molecule has 0 amide bonds. The van der Waals surface area contributed by atoms with E-state index in [-0.39, 0.29) is 18.9 Å². The number of nitrogens with zero attached hydrogens (tertiary/aromatic N) is 1. The van der Waals surface area contributed by atoms with E-state index in [2.05, 4.69) is 15.6 Å². The molecule has 1 aliphatic rings. The normalized spacial score (nSPS) is 19.9. The minimum Gasteiger partial charge on any atom is -0.496 e. The minimum atomic E-state index is -4.14. The van der Waals surface area contributed by atoms with Crippen molar-refractivity contribution in [2.45, 2.75) is 51.2 Å². The lowest BCUT2D eigenvalue weighted by molar-refractivity contribution is -0.183. The number of hydrogen-bond acceptors (Lipinski definition) is 4. The number of aliphatic imine (C=N–C) groups is 1. The van der Waals surface area contributed by atoms with Crippen LogP contribution in [0, 0.1) is 5.92 Å². The van der Waals surface area contributed by atoms with Crippen molar-refractivity contribution in [1.82, 2.24) is 10.6 Å². The lowest BCUT2D eigenvalue weighted by Gasteiger charge is -2.32. The third-order valence-corrected chi connectivity index (χ3v) is 5.27. The molecule has 1 aromatic rings. The number of benzene rings is 1. The molecule has 9 heteroatoms. The van der Waals surface area contributed by atoms with Crippen LogP contribution in [-0.2, 0) is 6.42 Å². The van der Waals surface area contributed by atoms with Gasteiger partial charge in [0.15, 0.2) is 5.96 Å². The predicted octanol–water partition coefficient (Wildman–Crippen LogP) is 3.93. The summed E-state index contributed by atoms with van der Waals surface area (Å²) in [5.41, 5.74) is 0.857. The van der Waals surface area contributed by atoms with Gasteiger partial charge in [0.25, 0.3) is 0 Å². The van der Waals surface area contributed by atoms with Crippen LogP contribution in [0.15, 0.2) is 17.1 Å². The first-order chi connectivity index (χ1) is 14.3. The number of alkyl halides is 3. The van der Waals surface area contributed by atoms with Crippen LogP contribution in [-0.4, -0.2) is 52.6 Å². The number of halogens is 3. The van der Waals surface area contributed by atoms with Gasteiger partial charge in [-0.3, -0.25) is 4.99 Å². The maximum Gasteiger partial charge on any atom is 0.391 e. The zero-order chi connectivity index (χ0) is 22.1. The van der Waals surface area contributed by atoms with Crippen LogP contribution in [0.1, 0.15) is 38.2 Å². The van der Waals surface area contributed by atoms with Crippen molar-refractivity contribution in [2.24, 2.45) is 10.9 Å². The number of hydrogen-bond donors (Lipinski definition) is 2. The largest absolute Gasteiger partial charge is 0.496 e. The zero-order valence-electron chi connectivity index (χ0n) is 18.1. The molecule has 0 spiro atoms. The molecule has 0 radical (unpaired) electrons. The van der Waals surface area contributed by atoms with Gasteiger partial charge >= 0.3 is 6.18 Å². The standard InChI is InChI=1S/C21H32F3N3O3/c1-5-25-20(27-15-8-6-7-14(11-15)21(22,23)24)26-10-9-17-18(29-3)12-16(28-2)13-19(17)30-4/h12-15H,5-11H2,1-4H3,(H2,25,26,27). The fraction of sp³-hybridized carbons (Fsp3) is 0.667. The Bertz CT molecular complexity index is 685. The van der Waals surface area contributed by atoms with Gasteiger partial charge in [-0.15, -0.1) is 0 Å². The Kier molecular flexibility index (Phi) is 8.92. The quantitative estimate of drug-likeness (QED) is 0.482. The van der Waals surface area contributed by atoms with E-state index >= 15 is 0 Å². The van der Waals surface area contributed by atoms with Gasteiger partial charge in [-0.1, -0.05) is 6.42 Å². The maximum absolute atomic E-state index is 13.1. The third kappa shape index (κ3) is 6.60. The summed E-state index contributed by atoms with van der Waals surface area (Å²) in [5, 5.41) is 6.30. The van der Waals surface area contributed by atoms with E-state index < -0.39 is 12.1 Å². The number of rotatable bonds is 8. The molecule has 0 heterocycles. The summed E-state index contributed by atoms with van der Waals surface area (Å²) in [6.07, 6.45) is -2.06. The van der Waals surface area contributed by atoms with Crippen molar-refractivity contribution in [3.8, 4) is 17.2 Å². The van der Waals surface area contributed by atoms with Gasteiger partial charge in [-0.25, -0.2) is 0 Å². The van der Waals surface area contributed by atoms with Crippen molar-refractivity contribution in [3.63, 3.8) is 0 Å². The summed E-state index contributed by atoms with van der Waals surface area (Å²) in [6.45, 7) is 2.96. The average Bonchev–Trinajstić information content (AvgIpc) is 2.73. The van der Waals surface area contributed by atoms with E-state index in [9.17, 15) is 13.2 Å². The third-order valence-electron chi connectivity index (χ3n) is 5.27. The van der Waals surface area contributed by atoms with Gasteiger partial charge in [0, 0.05) is 36.8 Å². The van der Waals surface area contributed by atoms with Crippen molar-refractivity contribution < 1.29 is 27.4 Å². The molecule has 2 unspecified atom stereocenters. The summed E-state index contributed by atoms with van der Waals surface area (Å²) in [5.74, 6) is 1.18. The molecule has 1 aromatic carbocycles. The lowest BCUT2D eigenvalue weighted by Crippen LogP contribution is -2.46. The summed E-state index contributed by atoms with van der Waals surface area (Å²) in [7, 11) is 4.72. The number of methoxy groups -OCH3 is 3. The molecule has 1 fully saturated rings. The second kappa shape index (κ2) is 11.2. The first-order valence-electron chi connectivity index (χ1n) is 10.2. The molecule has 1 saturated carbocycles. The second-order valence-electron chi connectivity index (χ2n) is 7.27. The van der Waals surface area contributed by atoms with E-state index in [1.54, 1.807) is 33.5 Å². The summed E-state index contributed by atoms with van der Waals surface area (Å²) in [4.78, 5) is 4.55. The van der Waals surface area contributed by atoms with Crippen LogP contribution in [0.3, 0.4) is 0 Å². The zero-order valence-corrected chi connectivity index (χ0v) is 18.1. The van der Waals surface area contributed by atoms with Gasteiger partial charge < -0.3 is 24.8 Å². The van der Waals surface area contributed by atoms with E-state index in [0.29, 0.717) is 55.6 Å². The molecular formula is C21H32F3N3O3. The van der Waals surface area contributed by atoms with Crippen LogP contribution in [0.5, 0.6) is 17.2 Å². The fourth-order valence-electron chi connectivity index (χ4n) is 3.74. The van der Waals surface area contributed by atoms with Crippen LogP contribution >= 0.6 is 0 Å². The molecule has 30 heavy (non-hydrogen) atoms. The Morgan fingerprint density at radius 3 is 2.30 bits per heavy atom. The van der Waals surface area contributed by atoms with Crippen molar-refractivity contribution in [1.29, 1.82) is 0 Å². The SMILES string of the molecule is CCNC(=NCCc1c(OC)cc(OC)cc1OC)NC1CCCC(C(F)(F)F)C1. The topological polar surface area (TPSA) is 64.1 Å². The molecule has 170 valence electrons. The van der Waals surface area contributed by atoms with Crippen LogP contribution in [0.25, 0.3) is 0 Å². The highest BCUT2D eigenvalue weighted by atomic mass is 19.4. The van der Waals surface area contributed by atoms with E-state index in [1.807, 2.05) is 6.92 Å².